The molecule has 0 radical (unpaired) electrons. The monoisotopic (exact) mass is 152 g/mol. The Bertz CT molecular complexity index is 183. The minimum atomic E-state index is 0.00894. The van der Waals surface area contributed by atoms with Gasteiger partial charge in [0.25, 0.3) is 0 Å². The zero-order chi connectivity index (χ0) is 9.28. The molecule has 0 saturated carbocycles. The molecule has 0 aliphatic rings. The number of hydrogen-bond acceptors (Lipinski definition) is 3. The van der Waals surface area contributed by atoms with Crippen LogP contribution in [-0.4, -0.2) is 5.78 Å². The summed E-state index contributed by atoms with van der Waals surface area (Å²) in [6.07, 6.45) is 0.0532. The molecular weight excluding hydrogens is 140 g/mol. The quantitative estimate of drug-likeness (QED) is 0.604. The molecule has 0 heterocycles. The highest BCUT2D eigenvalue weighted by molar-refractivity contribution is 5.82. The van der Waals surface area contributed by atoms with E-state index in [9.17, 15) is 4.79 Å². The summed E-state index contributed by atoms with van der Waals surface area (Å²) in [5, 5.41) is 15.3. The van der Waals surface area contributed by atoms with E-state index >= 15 is 0 Å². The molecule has 0 aliphatic heterocycles. The highest BCUT2D eigenvalue weighted by Crippen LogP contribution is 1.95. The van der Waals surface area contributed by atoms with Crippen LogP contribution in [0.15, 0.2) is 0 Å². The van der Waals surface area contributed by atoms with Gasteiger partial charge < -0.3 is 0 Å². The first-order valence-corrected chi connectivity index (χ1v) is 3.30. The van der Waals surface area contributed by atoms with Crippen molar-refractivity contribution in [3.8, 4) is 12.1 Å². The van der Waals surface area contributed by atoms with Gasteiger partial charge in [0.05, 0.1) is 18.6 Å². The summed E-state index contributed by atoms with van der Waals surface area (Å²) in [5.74, 6) is 0.0298. The molecule has 3 nitrogen and oxygen atoms in total. The van der Waals surface area contributed by atoms with Crippen LogP contribution in [0.1, 0.15) is 27.2 Å². The number of Topliss-reactive ketones (excluding diaryl/α,β-unsaturated/α-hetero) is 1. The third kappa shape index (κ3) is 12.0. The number of nitriles is 2. The van der Waals surface area contributed by atoms with E-state index < -0.39 is 0 Å². The smallest absolute Gasteiger partial charge is 0.149 e. The van der Waals surface area contributed by atoms with E-state index in [0.29, 0.717) is 0 Å². The maximum Gasteiger partial charge on any atom is 0.149 e. The Morgan fingerprint density at radius 3 is 1.91 bits per heavy atom. The first-order valence-electron chi connectivity index (χ1n) is 3.30. The fourth-order valence-electron chi connectivity index (χ4n) is 0.282. The molecule has 0 aromatic heterocycles. The van der Waals surface area contributed by atoms with Gasteiger partial charge in [-0.25, -0.2) is 0 Å². The Kier molecular flexibility index (Phi) is 9.70. The first-order chi connectivity index (χ1) is 5.09. The second-order valence-electron chi connectivity index (χ2n) is 2.18. The lowest BCUT2D eigenvalue weighted by Gasteiger charge is -1.94. The molecule has 0 fully saturated rings. The van der Waals surface area contributed by atoms with Crippen molar-refractivity contribution in [2.24, 2.45) is 5.92 Å². The van der Waals surface area contributed by atoms with Crippen molar-refractivity contribution < 1.29 is 4.79 Å². The minimum absolute atomic E-state index is 0.00894. The molecule has 0 unspecified atom stereocenters. The van der Waals surface area contributed by atoms with Crippen LogP contribution in [0.5, 0.6) is 0 Å². The van der Waals surface area contributed by atoms with Gasteiger partial charge >= 0.3 is 0 Å². The molecule has 11 heavy (non-hydrogen) atoms. The molecule has 0 aliphatic carbocycles. The summed E-state index contributed by atoms with van der Waals surface area (Å²) in [7, 11) is 0. The Hall–Kier alpha value is -1.35. The van der Waals surface area contributed by atoms with Crippen LogP contribution in [-0.2, 0) is 4.79 Å². The SMILES string of the molecule is CC#N.CC(C)C(=O)CC#N. The standard InChI is InChI=1S/C6H9NO.C2H3N/c1-5(2)6(8)3-4-7;1-2-3/h5H,3H2,1-2H3;1H3. The van der Waals surface area contributed by atoms with E-state index in [2.05, 4.69) is 0 Å². The molecule has 3 heteroatoms. The summed E-state index contributed by atoms with van der Waals surface area (Å²) >= 11 is 0. The average molecular weight is 152 g/mol. The number of nitrogens with zero attached hydrogens (tertiary/aromatic N) is 2. The highest BCUT2D eigenvalue weighted by Gasteiger charge is 2.03. The summed E-state index contributed by atoms with van der Waals surface area (Å²) in [5.41, 5.74) is 0. The maximum atomic E-state index is 10.5. The average Bonchev–Trinajstić information content (AvgIpc) is 1.90. The molecule has 0 amide bonds. The van der Waals surface area contributed by atoms with Crippen LogP contribution < -0.4 is 0 Å². The predicted octanol–water partition coefficient (Wildman–Crippen LogP) is 1.66. The molecule has 0 atom stereocenters. The molecular formula is C8H12N2O. The Balaban J connectivity index is 0. The van der Waals surface area contributed by atoms with Crippen molar-refractivity contribution in [1.29, 1.82) is 10.5 Å². The van der Waals surface area contributed by atoms with Crippen LogP contribution >= 0.6 is 0 Å². The minimum Gasteiger partial charge on any atom is -0.298 e. The second kappa shape index (κ2) is 8.65. The van der Waals surface area contributed by atoms with Crippen LogP contribution in [0, 0.1) is 28.6 Å². The van der Waals surface area contributed by atoms with Gasteiger partial charge in [0.1, 0.15) is 5.78 Å². The van der Waals surface area contributed by atoms with Crippen LogP contribution in [0.3, 0.4) is 0 Å². The molecule has 0 aromatic carbocycles. The van der Waals surface area contributed by atoms with Gasteiger partial charge in [-0.3, -0.25) is 4.79 Å². The molecule has 0 N–H and O–H groups in total. The van der Waals surface area contributed by atoms with Crippen molar-refractivity contribution in [3.05, 3.63) is 0 Å². The van der Waals surface area contributed by atoms with Crippen molar-refractivity contribution in [3.63, 3.8) is 0 Å². The highest BCUT2D eigenvalue weighted by atomic mass is 16.1. The summed E-state index contributed by atoms with van der Waals surface area (Å²) in [4.78, 5) is 10.5. The van der Waals surface area contributed by atoms with Gasteiger partial charge in [-0.15, -0.1) is 0 Å². The van der Waals surface area contributed by atoms with E-state index in [0.717, 1.165) is 0 Å². The zero-order valence-electron chi connectivity index (χ0n) is 7.09. The Morgan fingerprint density at radius 2 is 1.82 bits per heavy atom. The van der Waals surface area contributed by atoms with Crippen LogP contribution in [0.25, 0.3) is 0 Å². The van der Waals surface area contributed by atoms with Crippen molar-refractivity contribution in [2.75, 3.05) is 0 Å². The molecule has 60 valence electrons. The van der Waals surface area contributed by atoms with E-state index in [4.69, 9.17) is 10.5 Å². The second-order valence-corrected chi connectivity index (χ2v) is 2.18. The Morgan fingerprint density at radius 1 is 1.45 bits per heavy atom. The topological polar surface area (TPSA) is 64.7 Å². The maximum absolute atomic E-state index is 10.5. The largest absolute Gasteiger partial charge is 0.298 e. The summed E-state index contributed by atoms with van der Waals surface area (Å²) < 4.78 is 0. The Labute approximate surface area is 67.2 Å². The number of hydrogen-bond donors (Lipinski definition) is 0. The van der Waals surface area contributed by atoms with Crippen molar-refractivity contribution >= 4 is 5.78 Å². The normalized spacial score (nSPS) is 7.09. The molecule has 0 bridgehead atoms. The third-order valence-corrected chi connectivity index (χ3v) is 0.897. The van der Waals surface area contributed by atoms with E-state index in [1.165, 1.54) is 6.92 Å². The molecule has 0 saturated heterocycles. The zero-order valence-corrected chi connectivity index (χ0v) is 7.09. The number of rotatable bonds is 2. The van der Waals surface area contributed by atoms with E-state index in [1.807, 2.05) is 0 Å². The molecule has 0 spiro atoms. The number of ketones is 1. The lowest BCUT2D eigenvalue weighted by atomic mass is 10.1. The fourth-order valence-corrected chi connectivity index (χ4v) is 0.282. The van der Waals surface area contributed by atoms with Crippen molar-refractivity contribution in [2.45, 2.75) is 27.2 Å². The first kappa shape index (κ1) is 12.3. The van der Waals surface area contributed by atoms with Gasteiger partial charge in [-0.05, 0) is 0 Å². The summed E-state index contributed by atoms with van der Waals surface area (Å²) in [6.45, 7) is 5.01. The van der Waals surface area contributed by atoms with Crippen LogP contribution in [0.4, 0.5) is 0 Å². The predicted molar refractivity (Wildman–Crippen MR) is 41.4 cm³/mol. The molecule has 0 aromatic rings. The van der Waals surface area contributed by atoms with Gasteiger partial charge in [-0.1, -0.05) is 13.8 Å². The molecule has 0 rings (SSSR count). The summed E-state index contributed by atoms with van der Waals surface area (Å²) in [6, 6.07) is 3.55. The lowest BCUT2D eigenvalue weighted by Crippen LogP contribution is -2.04. The van der Waals surface area contributed by atoms with E-state index in [-0.39, 0.29) is 18.1 Å². The van der Waals surface area contributed by atoms with Crippen LogP contribution in [0.2, 0.25) is 0 Å². The number of carbonyl (C=O) groups excluding carboxylic acids is 1. The van der Waals surface area contributed by atoms with Gasteiger partial charge in [-0.2, -0.15) is 10.5 Å². The van der Waals surface area contributed by atoms with Crippen molar-refractivity contribution in [1.82, 2.24) is 0 Å². The number of carbonyl (C=O) groups is 1. The van der Waals surface area contributed by atoms with E-state index in [1.54, 1.807) is 26.0 Å². The van der Waals surface area contributed by atoms with Gasteiger partial charge in [0.15, 0.2) is 0 Å². The van der Waals surface area contributed by atoms with Gasteiger partial charge in [0.2, 0.25) is 0 Å². The lowest BCUT2D eigenvalue weighted by molar-refractivity contribution is -0.120. The fraction of sp³-hybridized carbons (Fsp3) is 0.625. The third-order valence-electron chi connectivity index (χ3n) is 0.897. The van der Waals surface area contributed by atoms with Gasteiger partial charge in [0, 0.05) is 12.8 Å².